The van der Waals surface area contributed by atoms with Crippen molar-refractivity contribution in [1.29, 1.82) is 0 Å². The van der Waals surface area contributed by atoms with E-state index in [1.807, 2.05) is 10.6 Å². The van der Waals surface area contributed by atoms with Crippen molar-refractivity contribution >= 4 is 53.4 Å². The van der Waals surface area contributed by atoms with Crippen molar-refractivity contribution in [1.82, 2.24) is 36.6 Å². The Morgan fingerprint density at radius 3 is 1.96 bits per heavy atom. The second-order valence-corrected chi connectivity index (χ2v) is 10.4. The molecule has 5 amide bonds. The minimum absolute atomic E-state index is 0.0219. The maximum Gasteiger partial charge on any atom is 0.328 e. The molecule has 0 bridgehead atoms. The third-order valence-electron chi connectivity index (χ3n) is 6.44. The third-order valence-corrected chi connectivity index (χ3v) is 6.44. The van der Waals surface area contributed by atoms with Crippen molar-refractivity contribution in [3.05, 3.63) is 18.2 Å². The first-order valence-corrected chi connectivity index (χ1v) is 14.6. The van der Waals surface area contributed by atoms with Crippen LogP contribution in [-0.4, -0.2) is 134 Å². The van der Waals surface area contributed by atoms with E-state index in [2.05, 4.69) is 30.9 Å². The smallest absolute Gasteiger partial charge is 0.328 e. The number of carbonyl (C=O) groups is 8. The number of imidazole rings is 1. The molecule has 1 aromatic heterocycles. The topological polar surface area (TPSA) is 397 Å². The summed E-state index contributed by atoms with van der Waals surface area (Å²) in [5.41, 5.74) is 17.1. The predicted molar refractivity (Wildman–Crippen MR) is 165 cm³/mol. The number of aliphatic hydroxyl groups is 1. The molecule has 0 saturated heterocycles. The molecule has 0 unspecified atom stereocenters. The number of amides is 5. The second-order valence-electron chi connectivity index (χ2n) is 10.4. The van der Waals surface area contributed by atoms with E-state index in [1.165, 1.54) is 12.5 Å². The summed E-state index contributed by atoms with van der Waals surface area (Å²) >= 11 is 0. The van der Waals surface area contributed by atoms with Crippen LogP contribution in [0.25, 0.3) is 0 Å². The number of aliphatic hydroxyl groups excluding tert-OH is 1. The molecule has 23 nitrogen and oxygen atoms in total. The number of H-pyrrole nitrogens is 1. The Morgan fingerprint density at radius 2 is 1.43 bits per heavy atom. The molecule has 272 valence electrons. The number of guanidine groups is 1. The molecule has 0 aliphatic heterocycles. The van der Waals surface area contributed by atoms with Crippen molar-refractivity contribution < 1.29 is 58.8 Å². The van der Waals surface area contributed by atoms with Crippen molar-refractivity contribution in [2.75, 3.05) is 19.7 Å². The standard InChI is InChI=1S/C26H41N11O12/c27-13(6-12-8-30-11-33-12)21(44)35-14(2-1-5-31-26(28)29)23(46)36-15(3-4-19(40)41)24(47)37-16(7-20(42)43)22(45)32-9-18(39)34-17(10-38)25(48)49/h8,11,13-17,38H,1-7,9-10,27H2,(H,30,33)(H,32,45)(H,34,39)(H,35,44)(H,36,46)(H,37,47)(H,40,41)(H,42,43)(H,48,49)(H4,28,29,31)/t13-,14-,15-,16-,17-/m0/s1. The highest BCUT2D eigenvalue weighted by Crippen LogP contribution is 2.06. The number of aliphatic carboxylic acids is 3. The molecule has 49 heavy (non-hydrogen) atoms. The maximum atomic E-state index is 13.4. The van der Waals surface area contributed by atoms with Crippen LogP contribution in [0.4, 0.5) is 0 Å². The average Bonchev–Trinajstić information content (AvgIpc) is 3.53. The normalized spacial score (nSPS) is 13.7. The molecule has 0 fully saturated rings. The largest absolute Gasteiger partial charge is 0.481 e. The van der Waals surface area contributed by atoms with Gasteiger partial charge in [-0.2, -0.15) is 0 Å². The number of aromatic nitrogens is 2. The number of rotatable bonds is 23. The summed E-state index contributed by atoms with van der Waals surface area (Å²) < 4.78 is 0. The van der Waals surface area contributed by atoms with Gasteiger partial charge in [-0.05, 0) is 19.3 Å². The van der Waals surface area contributed by atoms with Crippen LogP contribution in [0.15, 0.2) is 17.5 Å². The van der Waals surface area contributed by atoms with Crippen LogP contribution in [0.2, 0.25) is 0 Å². The highest BCUT2D eigenvalue weighted by atomic mass is 16.4. The Hall–Kier alpha value is -5.84. The number of aliphatic imine (C=N–C) groups is 1. The molecule has 23 heteroatoms. The van der Waals surface area contributed by atoms with E-state index < -0.39 is 110 Å². The van der Waals surface area contributed by atoms with Crippen LogP contribution < -0.4 is 43.8 Å². The van der Waals surface area contributed by atoms with Crippen molar-refractivity contribution in [3.63, 3.8) is 0 Å². The highest BCUT2D eigenvalue weighted by Gasteiger charge is 2.32. The summed E-state index contributed by atoms with van der Waals surface area (Å²) in [6.45, 7) is -1.79. The molecule has 0 aromatic carbocycles. The van der Waals surface area contributed by atoms with E-state index in [4.69, 9.17) is 27.4 Å². The molecule has 0 spiro atoms. The number of hydrogen-bond acceptors (Lipinski definition) is 12. The lowest BCUT2D eigenvalue weighted by molar-refractivity contribution is -0.143. The molecular formula is C26H41N11O12. The molecule has 16 N–H and O–H groups in total. The van der Waals surface area contributed by atoms with Gasteiger partial charge in [-0.3, -0.25) is 38.6 Å². The van der Waals surface area contributed by atoms with Gasteiger partial charge in [0.15, 0.2) is 5.96 Å². The Bertz CT molecular complexity index is 1350. The quantitative estimate of drug-likeness (QED) is 0.0287. The van der Waals surface area contributed by atoms with E-state index >= 15 is 0 Å². The Morgan fingerprint density at radius 1 is 0.816 bits per heavy atom. The van der Waals surface area contributed by atoms with Crippen LogP contribution >= 0.6 is 0 Å². The lowest BCUT2D eigenvalue weighted by Gasteiger charge is -2.25. The zero-order valence-corrected chi connectivity index (χ0v) is 26.1. The van der Waals surface area contributed by atoms with E-state index in [-0.39, 0.29) is 31.8 Å². The number of carbonyl (C=O) groups excluding carboxylic acids is 5. The molecule has 1 heterocycles. The fraction of sp³-hybridized carbons (Fsp3) is 0.538. The van der Waals surface area contributed by atoms with Crippen LogP contribution in [0.5, 0.6) is 0 Å². The van der Waals surface area contributed by atoms with Crippen molar-refractivity contribution in [2.45, 2.75) is 68.7 Å². The van der Waals surface area contributed by atoms with Crippen molar-refractivity contribution in [3.8, 4) is 0 Å². The van der Waals surface area contributed by atoms with E-state index in [0.717, 1.165) is 0 Å². The molecule has 0 radical (unpaired) electrons. The van der Waals surface area contributed by atoms with Gasteiger partial charge in [0.05, 0.1) is 31.9 Å². The van der Waals surface area contributed by atoms with Crippen LogP contribution in [-0.2, 0) is 44.8 Å². The third kappa shape index (κ3) is 16.5. The first-order chi connectivity index (χ1) is 23.0. The van der Waals surface area contributed by atoms with E-state index in [1.54, 1.807) is 0 Å². The summed E-state index contributed by atoms with van der Waals surface area (Å²) in [5.74, 6) is -9.94. The lowest BCUT2D eigenvalue weighted by atomic mass is 10.1. The molecular weight excluding hydrogens is 658 g/mol. The van der Waals surface area contributed by atoms with E-state index in [9.17, 15) is 48.6 Å². The second kappa shape index (κ2) is 21.1. The average molecular weight is 700 g/mol. The van der Waals surface area contributed by atoms with Gasteiger partial charge >= 0.3 is 17.9 Å². The van der Waals surface area contributed by atoms with Crippen molar-refractivity contribution in [2.24, 2.45) is 22.2 Å². The first-order valence-electron chi connectivity index (χ1n) is 14.6. The molecule has 0 aliphatic rings. The fourth-order valence-corrected chi connectivity index (χ4v) is 3.96. The predicted octanol–water partition coefficient (Wildman–Crippen LogP) is -6.20. The van der Waals surface area contributed by atoms with Crippen LogP contribution in [0.1, 0.15) is 37.8 Å². The van der Waals surface area contributed by atoms with Gasteiger partial charge < -0.3 is 69.2 Å². The zero-order chi connectivity index (χ0) is 37.1. The Labute approximate surface area is 277 Å². The molecule has 5 atom stereocenters. The Kier molecular flexibility index (Phi) is 17.7. The molecule has 0 saturated carbocycles. The molecule has 0 aliphatic carbocycles. The first kappa shape index (κ1) is 41.2. The van der Waals surface area contributed by atoms with Gasteiger partial charge in [0, 0.05) is 31.3 Å². The number of nitrogens with one attached hydrogen (secondary N) is 6. The monoisotopic (exact) mass is 699 g/mol. The van der Waals surface area contributed by atoms with Gasteiger partial charge in [0.2, 0.25) is 29.5 Å². The Balaban J connectivity index is 3.12. The number of nitrogens with two attached hydrogens (primary N) is 3. The number of carboxylic acid groups (broad SMARTS) is 3. The number of carboxylic acids is 3. The fourth-order valence-electron chi connectivity index (χ4n) is 3.96. The minimum Gasteiger partial charge on any atom is -0.481 e. The van der Waals surface area contributed by atoms with E-state index in [0.29, 0.717) is 5.69 Å². The van der Waals surface area contributed by atoms with Crippen LogP contribution in [0, 0.1) is 0 Å². The number of hydrogen-bond donors (Lipinski definition) is 13. The highest BCUT2D eigenvalue weighted by molar-refractivity contribution is 5.97. The maximum absolute atomic E-state index is 13.4. The van der Waals surface area contributed by atoms with Gasteiger partial charge in [-0.15, -0.1) is 0 Å². The zero-order valence-electron chi connectivity index (χ0n) is 26.1. The van der Waals surface area contributed by atoms with Gasteiger partial charge in [0.25, 0.3) is 0 Å². The van der Waals surface area contributed by atoms with Gasteiger partial charge in [-0.25, -0.2) is 9.78 Å². The number of aromatic amines is 1. The molecule has 1 aromatic rings. The summed E-state index contributed by atoms with van der Waals surface area (Å²) in [6, 6.07) is -7.71. The minimum atomic E-state index is -1.86. The van der Waals surface area contributed by atoms with Gasteiger partial charge in [0.1, 0.15) is 24.2 Å². The summed E-state index contributed by atoms with van der Waals surface area (Å²) in [7, 11) is 0. The summed E-state index contributed by atoms with van der Waals surface area (Å²) in [5, 5.41) is 47.2. The molecule has 1 rings (SSSR count). The van der Waals surface area contributed by atoms with Gasteiger partial charge in [-0.1, -0.05) is 0 Å². The SMILES string of the molecule is NC(N)=NCCC[C@H](NC(=O)[C@@H](N)Cc1cnc[nH]1)C(=O)N[C@@H](CCC(=O)O)C(=O)N[C@@H](CC(=O)O)C(=O)NCC(=O)N[C@@H](CO)C(=O)O. The van der Waals surface area contributed by atoms with Crippen LogP contribution in [0.3, 0.4) is 0 Å². The lowest BCUT2D eigenvalue weighted by Crippen LogP contribution is -2.58. The number of nitrogens with zero attached hydrogens (tertiary/aromatic N) is 2. The summed E-state index contributed by atoms with van der Waals surface area (Å²) in [4.78, 5) is 108. The summed E-state index contributed by atoms with van der Waals surface area (Å²) in [6.07, 6.45) is 0.680.